The average molecular weight is 384 g/mol. The van der Waals surface area contributed by atoms with E-state index in [-0.39, 0.29) is 107 Å². The number of halogens is 2. The minimum Gasteiger partial charge on any atom is -0.107 e. The van der Waals surface area contributed by atoms with Gasteiger partial charge >= 0.3 is 0 Å². The summed E-state index contributed by atoms with van der Waals surface area (Å²) in [5, 5.41) is 0. The summed E-state index contributed by atoms with van der Waals surface area (Å²) in [6.07, 6.45) is 0. The van der Waals surface area contributed by atoms with Crippen molar-refractivity contribution in [2.45, 2.75) is 59.4 Å². The Balaban J connectivity index is 0. The van der Waals surface area contributed by atoms with Crippen LogP contribution in [0.5, 0.6) is 0 Å². The highest BCUT2D eigenvalue weighted by Gasteiger charge is -0.0701. The molecule has 0 saturated heterocycles. The van der Waals surface area contributed by atoms with E-state index in [0.717, 1.165) is 0 Å². The predicted molar refractivity (Wildman–Crippen MR) is 84.7 cm³/mol. The van der Waals surface area contributed by atoms with Crippen LogP contribution >= 0.6 is 48.0 Å². The molecule has 0 bridgehead atoms. The zero-order valence-corrected chi connectivity index (χ0v) is 5.48. The third-order valence-electron chi connectivity index (χ3n) is 0. The second-order valence-corrected chi connectivity index (χ2v) is 0. The monoisotopic (exact) mass is 384 g/mol. The summed E-state index contributed by atoms with van der Waals surface area (Å²) in [6.45, 7) is 0. The van der Waals surface area contributed by atoms with Crippen molar-refractivity contribution in [1.82, 2.24) is 0 Å². The van der Waals surface area contributed by atoms with E-state index in [9.17, 15) is 0 Å². The third-order valence-corrected chi connectivity index (χ3v) is 0. The Morgan fingerprint density at radius 3 is 0.200 bits per heavy atom. The quantitative estimate of drug-likeness (QED) is 0.429. The lowest BCUT2D eigenvalue weighted by Crippen LogP contribution is 0.143. The van der Waals surface area contributed by atoms with Crippen molar-refractivity contribution in [2.24, 2.45) is 0 Å². The first-order valence-electron chi connectivity index (χ1n) is 0. The van der Waals surface area contributed by atoms with Crippen molar-refractivity contribution in [1.29, 1.82) is 0 Å². The van der Waals surface area contributed by atoms with Gasteiger partial charge < -0.3 is 0 Å². The highest BCUT2D eigenvalue weighted by Crippen LogP contribution is 0.887. The van der Waals surface area contributed by atoms with Crippen molar-refractivity contribution in [2.75, 3.05) is 0 Å². The molecule has 0 aliphatic heterocycles. The van der Waals surface area contributed by atoms with Gasteiger partial charge in [0.2, 0.25) is 0 Å². The van der Waals surface area contributed by atoms with E-state index in [1.807, 2.05) is 0 Å². The Labute approximate surface area is 107 Å². The number of hydrogen-bond donors (Lipinski definition) is 0. The standard InChI is InChI=1S/8CH4.2HI/h8*1H4;2*1H. The van der Waals surface area contributed by atoms with Crippen LogP contribution < -0.4 is 0 Å². The molecule has 0 aromatic carbocycles. The van der Waals surface area contributed by atoms with Crippen LogP contribution in [0.25, 0.3) is 0 Å². The molecule has 0 fully saturated rings. The fourth-order valence-electron chi connectivity index (χ4n) is 0. The fourth-order valence-corrected chi connectivity index (χ4v) is 0. The molecule has 10 heavy (non-hydrogen) atoms. The van der Waals surface area contributed by atoms with E-state index in [4.69, 9.17) is 0 Å². The first-order valence-corrected chi connectivity index (χ1v) is 0. The Morgan fingerprint density at radius 2 is 0.200 bits per heavy atom. The Bertz CT molecular complexity index is 7.22. The molecule has 0 unspecified atom stereocenters. The van der Waals surface area contributed by atoms with Crippen LogP contribution in [0, 0.1) is 0 Å². The van der Waals surface area contributed by atoms with Crippen molar-refractivity contribution < 1.29 is 0 Å². The molecule has 0 aromatic rings. The summed E-state index contributed by atoms with van der Waals surface area (Å²) in [7, 11) is 0. The van der Waals surface area contributed by atoms with Crippen molar-refractivity contribution in [3.8, 4) is 0 Å². The second kappa shape index (κ2) is 439. The van der Waals surface area contributed by atoms with Gasteiger partial charge in [0.05, 0.1) is 0 Å². The molecule has 0 amide bonds. The van der Waals surface area contributed by atoms with E-state index < -0.39 is 0 Å². The Morgan fingerprint density at radius 1 is 0.200 bits per heavy atom. The molecule has 2 heteroatoms. The Kier molecular flexibility index (Phi) is 25800. The fraction of sp³-hybridized carbons (Fsp3) is 1.00. The molecule has 0 spiro atoms. The maximum absolute atomic E-state index is 0. The lowest BCUT2D eigenvalue weighted by Gasteiger charge is -0.108. The Hall–Kier alpha value is 1.46. The van der Waals surface area contributed by atoms with Crippen LogP contribution in [-0.4, -0.2) is 0 Å². The van der Waals surface area contributed by atoms with Crippen molar-refractivity contribution in [3.05, 3.63) is 0 Å². The minimum absolute atomic E-state index is 0. The van der Waals surface area contributed by atoms with Gasteiger partial charge in [0.1, 0.15) is 0 Å². The molecular weight excluding hydrogens is 350 g/mol. The molecular formula is C8H34I2. The van der Waals surface area contributed by atoms with Crippen LogP contribution in [0.1, 0.15) is 59.4 Å². The molecule has 0 heterocycles. The van der Waals surface area contributed by atoms with Gasteiger partial charge in [-0.3, -0.25) is 0 Å². The SMILES string of the molecule is C.C.C.C.C.C.C.C.I.I. The summed E-state index contributed by atoms with van der Waals surface area (Å²) in [5.74, 6) is 0. The molecule has 0 atom stereocenters. The largest absolute Gasteiger partial charge is 0.107 e. The van der Waals surface area contributed by atoms with Crippen LogP contribution in [0.2, 0.25) is 0 Å². The van der Waals surface area contributed by atoms with Crippen LogP contribution in [0.3, 0.4) is 0 Å². The maximum atomic E-state index is 0. The summed E-state index contributed by atoms with van der Waals surface area (Å²) >= 11 is 0. The molecule has 0 aliphatic rings. The van der Waals surface area contributed by atoms with Gasteiger partial charge in [0.25, 0.3) is 0 Å². The zero-order valence-electron chi connectivity index (χ0n) is 0.816. The summed E-state index contributed by atoms with van der Waals surface area (Å²) in [5.41, 5.74) is 0. The van der Waals surface area contributed by atoms with E-state index in [0.29, 0.717) is 0 Å². The maximum Gasteiger partial charge on any atom is -0.0776 e. The number of rotatable bonds is 0. The smallest absolute Gasteiger partial charge is 0.0776 e. The molecule has 0 nitrogen and oxygen atoms in total. The van der Waals surface area contributed by atoms with Gasteiger partial charge in [-0.15, -0.1) is 48.0 Å². The molecule has 0 aromatic heterocycles. The van der Waals surface area contributed by atoms with Gasteiger partial charge in [-0.2, -0.15) is 0 Å². The highest BCUT2D eigenvalue weighted by atomic mass is 127. The highest BCUT2D eigenvalue weighted by molar-refractivity contribution is 14.0. The normalized spacial score (nSPS) is 0. The van der Waals surface area contributed by atoms with Gasteiger partial charge in [-0.25, -0.2) is 0 Å². The average Bonchev–Trinajstić information content (AvgIpc) is 0. The molecule has 0 N–H and O–H groups in total. The van der Waals surface area contributed by atoms with Crippen LogP contribution in [0.4, 0.5) is 0 Å². The van der Waals surface area contributed by atoms with Crippen LogP contribution in [0.15, 0.2) is 0 Å². The van der Waals surface area contributed by atoms with E-state index in [2.05, 4.69) is 0 Å². The second-order valence-electron chi connectivity index (χ2n) is 0. The summed E-state index contributed by atoms with van der Waals surface area (Å²) < 4.78 is 0. The van der Waals surface area contributed by atoms with Gasteiger partial charge in [0, 0.05) is 0 Å². The van der Waals surface area contributed by atoms with Gasteiger partial charge in [0.15, 0.2) is 0 Å². The first kappa shape index (κ1) is 588. The lowest BCUT2D eigenvalue weighted by molar-refractivity contribution is 2.50. The molecule has 0 saturated carbocycles. The minimum atomic E-state index is 0. The van der Waals surface area contributed by atoms with E-state index in [1.165, 1.54) is 0 Å². The zero-order chi connectivity index (χ0) is 0. The van der Waals surface area contributed by atoms with Crippen molar-refractivity contribution >= 4 is 48.0 Å². The first-order chi connectivity index (χ1) is 0. The van der Waals surface area contributed by atoms with Crippen LogP contribution in [-0.2, 0) is 0 Å². The number of hydrogen-bond acceptors (Lipinski definition) is 0. The summed E-state index contributed by atoms with van der Waals surface area (Å²) in [6, 6.07) is 0. The van der Waals surface area contributed by atoms with E-state index in [1.54, 1.807) is 0 Å². The summed E-state index contributed by atoms with van der Waals surface area (Å²) in [4.78, 5) is 0. The molecule has 0 radical (unpaired) electrons. The topological polar surface area (TPSA) is 0 Å². The third kappa shape index (κ3) is 318. The van der Waals surface area contributed by atoms with E-state index >= 15 is 0 Å². The molecule has 80 valence electrons. The molecule has 0 rings (SSSR count). The molecule has 0 aliphatic carbocycles. The van der Waals surface area contributed by atoms with Gasteiger partial charge in [-0.1, -0.05) is 59.4 Å². The van der Waals surface area contributed by atoms with Gasteiger partial charge in [-0.05, 0) is 0 Å². The lowest BCUT2D eigenvalue weighted by atomic mass is 12.0. The predicted octanol–water partition coefficient (Wildman–Crippen LogP) is 6.32. The van der Waals surface area contributed by atoms with Crippen molar-refractivity contribution in [3.63, 3.8) is 0 Å².